The number of hydrogen-bond acceptors (Lipinski definition) is 3. The number of carboxylic acids is 1. The lowest BCUT2D eigenvalue weighted by Crippen LogP contribution is -2.13. The summed E-state index contributed by atoms with van der Waals surface area (Å²) in [6.07, 6.45) is -1.36. The molecule has 4 nitrogen and oxygen atoms in total. The Labute approximate surface area is 121 Å². The second kappa shape index (κ2) is 7.01. The van der Waals surface area contributed by atoms with Crippen LogP contribution in [-0.4, -0.2) is 27.3 Å². The lowest BCUT2D eigenvalue weighted by molar-refractivity contribution is -0.147. The molecule has 98 valence electrons. The highest BCUT2D eigenvalue weighted by Crippen LogP contribution is 2.23. The van der Waals surface area contributed by atoms with Crippen LogP contribution in [0.1, 0.15) is 22.8 Å². The molecule has 0 spiro atoms. The highest BCUT2D eigenvalue weighted by molar-refractivity contribution is 9.09. The monoisotopic (exact) mass is 378 g/mol. The molecule has 18 heavy (non-hydrogen) atoms. The van der Waals surface area contributed by atoms with Gasteiger partial charge in [-0.1, -0.05) is 50.1 Å². The summed E-state index contributed by atoms with van der Waals surface area (Å²) in [6, 6.07) is 5.04. The zero-order chi connectivity index (χ0) is 13.7. The zero-order valence-corrected chi connectivity index (χ0v) is 12.6. The number of hydrogen-bond donors (Lipinski definition) is 2. The number of aliphatic hydroxyl groups excluding tert-OH is 1. The third-order valence-electron chi connectivity index (χ3n) is 2.43. The number of aliphatic hydroxyl groups is 1. The van der Waals surface area contributed by atoms with Crippen LogP contribution in [0, 0.1) is 0 Å². The van der Waals surface area contributed by atoms with Crippen LogP contribution >= 0.6 is 31.9 Å². The Hall–Kier alpha value is -0.720. The van der Waals surface area contributed by atoms with Crippen LogP contribution in [-0.2, 0) is 21.3 Å². The van der Waals surface area contributed by atoms with Gasteiger partial charge in [-0.25, -0.2) is 4.79 Å². The van der Waals surface area contributed by atoms with E-state index in [1.54, 1.807) is 18.2 Å². The molecule has 0 amide bonds. The van der Waals surface area contributed by atoms with Crippen molar-refractivity contribution in [1.82, 2.24) is 0 Å². The molecular formula is C12H12Br2O4. The average molecular weight is 380 g/mol. The largest absolute Gasteiger partial charge is 0.479 e. The maximum atomic E-state index is 11.3. The molecule has 0 aliphatic heterocycles. The van der Waals surface area contributed by atoms with E-state index in [-0.39, 0.29) is 17.5 Å². The minimum absolute atomic E-state index is 0.00245. The molecular weight excluding hydrogens is 368 g/mol. The maximum absolute atomic E-state index is 11.3. The van der Waals surface area contributed by atoms with Gasteiger partial charge >= 0.3 is 5.97 Å². The summed E-state index contributed by atoms with van der Waals surface area (Å²) in [7, 11) is 0. The van der Waals surface area contributed by atoms with Gasteiger partial charge in [-0.15, -0.1) is 0 Å². The molecule has 1 unspecified atom stereocenters. The molecule has 0 aliphatic rings. The van der Waals surface area contributed by atoms with Gasteiger partial charge in [0.15, 0.2) is 6.10 Å². The first-order chi connectivity index (χ1) is 8.49. The molecule has 0 saturated carbocycles. The first-order valence-corrected chi connectivity index (χ1v) is 7.40. The van der Waals surface area contributed by atoms with Crippen LogP contribution in [0.4, 0.5) is 0 Å². The number of carbonyl (C=O) groups excluding carboxylic acids is 1. The topological polar surface area (TPSA) is 74.6 Å². The number of aliphatic carboxylic acids is 1. The van der Waals surface area contributed by atoms with Crippen molar-refractivity contribution in [2.45, 2.75) is 17.9 Å². The molecule has 1 rings (SSSR count). The van der Waals surface area contributed by atoms with E-state index in [0.29, 0.717) is 22.0 Å². The van der Waals surface area contributed by atoms with Gasteiger partial charge in [0.1, 0.15) is 5.78 Å². The summed E-state index contributed by atoms with van der Waals surface area (Å²) in [4.78, 5) is 22.1. The van der Waals surface area contributed by atoms with Crippen molar-refractivity contribution >= 4 is 43.6 Å². The van der Waals surface area contributed by atoms with Crippen molar-refractivity contribution in [2.24, 2.45) is 0 Å². The molecule has 1 aromatic carbocycles. The van der Waals surface area contributed by atoms with Crippen molar-refractivity contribution in [3.8, 4) is 0 Å². The van der Waals surface area contributed by atoms with Gasteiger partial charge in [-0.05, 0) is 16.7 Å². The van der Waals surface area contributed by atoms with E-state index >= 15 is 0 Å². The second-order valence-electron chi connectivity index (χ2n) is 3.76. The number of rotatable bonds is 6. The first-order valence-electron chi connectivity index (χ1n) is 5.15. The fourth-order valence-corrected chi connectivity index (χ4v) is 2.25. The zero-order valence-electron chi connectivity index (χ0n) is 9.40. The van der Waals surface area contributed by atoms with E-state index in [1.165, 1.54) is 0 Å². The molecule has 0 bridgehead atoms. The fraction of sp³-hybridized carbons (Fsp3) is 0.333. The Kier molecular flexibility index (Phi) is 5.98. The molecule has 0 aliphatic carbocycles. The van der Waals surface area contributed by atoms with E-state index in [1.807, 2.05) is 0 Å². The van der Waals surface area contributed by atoms with E-state index in [4.69, 9.17) is 5.11 Å². The van der Waals surface area contributed by atoms with Crippen LogP contribution in [0.25, 0.3) is 0 Å². The molecule has 1 aromatic rings. The van der Waals surface area contributed by atoms with Crippen LogP contribution in [0.15, 0.2) is 18.2 Å². The van der Waals surface area contributed by atoms with Crippen LogP contribution in [0.5, 0.6) is 0 Å². The van der Waals surface area contributed by atoms with Crippen molar-refractivity contribution in [3.05, 3.63) is 34.9 Å². The molecule has 0 aromatic heterocycles. The Morgan fingerprint density at radius 2 is 1.94 bits per heavy atom. The summed E-state index contributed by atoms with van der Waals surface area (Å²) in [5, 5.41) is 19.1. The van der Waals surface area contributed by atoms with Gasteiger partial charge in [0.25, 0.3) is 0 Å². The third-order valence-corrected chi connectivity index (χ3v) is 3.66. The lowest BCUT2D eigenvalue weighted by atomic mass is 9.98. The van der Waals surface area contributed by atoms with Crippen LogP contribution < -0.4 is 0 Å². The highest BCUT2D eigenvalue weighted by atomic mass is 79.9. The summed E-state index contributed by atoms with van der Waals surface area (Å²) >= 11 is 6.31. The predicted molar refractivity (Wildman–Crippen MR) is 74.2 cm³/mol. The maximum Gasteiger partial charge on any atom is 0.337 e. The summed E-state index contributed by atoms with van der Waals surface area (Å²) < 4.78 is 0. The number of Topliss-reactive ketones (excluding diaryl/α,β-unsaturated/α-hetero) is 1. The smallest absolute Gasteiger partial charge is 0.337 e. The fourth-order valence-electron chi connectivity index (χ4n) is 1.54. The Balaban J connectivity index is 3.09. The Morgan fingerprint density at radius 3 is 2.44 bits per heavy atom. The quantitative estimate of drug-likeness (QED) is 0.743. The SMILES string of the molecule is O=C(CBr)Cc1ccc(CBr)c(C(O)C(=O)O)c1. The molecule has 0 heterocycles. The second-order valence-corrected chi connectivity index (χ2v) is 4.88. The van der Waals surface area contributed by atoms with E-state index < -0.39 is 12.1 Å². The third kappa shape index (κ3) is 3.90. The first kappa shape index (κ1) is 15.3. The van der Waals surface area contributed by atoms with Gasteiger partial charge < -0.3 is 10.2 Å². The van der Waals surface area contributed by atoms with Gasteiger partial charge in [-0.2, -0.15) is 0 Å². The summed E-state index contributed by atoms with van der Waals surface area (Å²) in [5.74, 6) is -1.31. The van der Waals surface area contributed by atoms with Crippen molar-refractivity contribution in [1.29, 1.82) is 0 Å². The van der Waals surface area contributed by atoms with Crippen molar-refractivity contribution < 1.29 is 19.8 Å². The summed E-state index contributed by atoms with van der Waals surface area (Å²) in [5.41, 5.74) is 1.71. The number of benzene rings is 1. The van der Waals surface area contributed by atoms with Crippen LogP contribution in [0.3, 0.4) is 0 Å². The van der Waals surface area contributed by atoms with Crippen LogP contribution in [0.2, 0.25) is 0 Å². The molecule has 1 atom stereocenters. The van der Waals surface area contributed by atoms with Gasteiger partial charge in [-0.3, -0.25) is 4.79 Å². The molecule has 2 N–H and O–H groups in total. The lowest BCUT2D eigenvalue weighted by Gasteiger charge is -2.12. The Bertz CT molecular complexity index is 459. The highest BCUT2D eigenvalue weighted by Gasteiger charge is 2.19. The molecule has 0 radical (unpaired) electrons. The van der Waals surface area contributed by atoms with E-state index in [2.05, 4.69) is 31.9 Å². The predicted octanol–water partition coefficient (Wildman–Crippen LogP) is 2.21. The minimum Gasteiger partial charge on any atom is -0.479 e. The normalized spacial score (nSPS) is 12.2. The van der Waals surface area contributed by atoms with Crippen molar-refractivity contribution in [2.75, 3.05) is 5.33 Å². The average Bonchev–Trinajstić information content (AvgIpc) is 2.37. The van der Waals surface area contributed by atoms with Gasteiger partial charge in [0.2, 0.25) is 0 Å². The molecule has 0 saturated heterocycles. The number of alkyl halides is 2. The Morgan fingerprint density at radius 1 is 1.28 bits per heavy atom. The standard InChI is InChI=1S/C12H12Br2O4/c13-5-8-2-1-7(3-9(15)6-14)4-10(8)11(16)12(17)18/h1-2,4,11,16H,3,5-6H2,(H,17,18). The van der Waals surface area contributed by atoms with E-state index in [0.717, 1.165) is 0 Å². The number of halogens is 2. The summed E-state index contributed by atoms with van der Waals surface area (Å²) in [6.45, 7) is 0. The number of carboxylic acid groups (broad SMARTS) is 1. The minimum atomic E-state index is -1.57. The van der Waals surface area contributed by atoms with E-state index in [9.17, 15) is 14.7 Å². The number of ketones is 1. The number of carbonyl (C=O) groups is 2. The van der Waals surface area contributed by atoms with Gasteiger partial charge in [0.05, 0.1) is 5.33 Å². The van der Waals surface area contributed by atoms with Gasteiger partial charge in [0, 0.05) is 11.8 Å². The van der Waals surface area contributed by atoms with Crippen molar-refractivity contribution in [3.63, 3.8) is 0 Å². The molecule has 6 heteroatoms. The molecule has 0 fully saturated rings.